The molecular formula is C40H52N6O6. The van der Waals surface area contributed by atoms with Crippen molar-refractivity contribution in [2.45, 2.75) is 90.6 Å². The summed E-state index contributed by atoms with van der Waals surface area (Å²) in [4.78, 5) is 60.9. The van der Waals surface area contributed by atoms with Crippen LogP contribution in [0.15, 0.2) is 85.3 Å². The summed E-state index contributed by atoms with van der Waals surface area (Å²) >= 11 is 0. The molecule has 4 rings (SSSR count). The number of benzene rings is 3. The Bertz CT molecular complexity index is 1730. The van der Waals surface area contributed by atoms with Crippen molar-refractivity contribution in [2.75, 3.05) is 6.54 Å². The molecule has 4 amide bonds. The van der Waals surface area contributed by atoms with Gasteiger partial charge in [-0.15, -0.1) is 0 Å². The number of aromatic amines is 1. The summed E-state index contributed by atoms with van der Waals surface area (Å²) in [6, 6.07) is 19.7. The van der Waals surface area contributed by atoms with Crippen LogP contribution in [0.25, 0.3) is 10.8 Å². The number of fused-ring (bicyclic) bond motifs is 1. The first-order chi connectivity index (χ1) is 25.0. The number of nitrogens with zero attached hydrogens (tertiary/aromatic N) is 1. The van der Waals surface area contributed by atoms with E-state index in [0.29, 0.717) is 24.6 Å². The van der Waals surface area contributed by atoms with Crippen molar-refractivity contribution in [1.29, 1.82) is 0 Å². The minimum absolute atomic E-state index is 0.00928. The summed E-state index contributed by atoms with van der Waals surface area (Å²) in [5.74, 6) is -1.08. The van der Waals surface area contributed by atoms with Crippen molar-refractivity contribution >= 4 is 34.6 Å². The molecule has 5 atom stereocenters. The number of aliphatic hydroxyl groups is 1. The molecular weight excluding hydrogens is 660 g/mol. The quantitative estimate of drug-likeness (QED) is 0.0826. The Kier molecular flexibility index (Phi) is 15.2. The highest BCUT2D eigenvalue weighted by molar-refractivity contribution is 5.93. The molecule has 4 aromatic rings. The van der Waals surface area contributed by atoms with E-state index < -0.39 is 42.1 Å². The van der Waals surface area contributed by atoms with Crippen molar-refractivity contribution in [3.8, 4) is 0 Å². The Morgan fingerprint density at radius 1 is 0.846 bits per heavy atom. The van der Waals surface area contributed by atoms with Crippen molar-refractivity contribution in [2.24, 2.45) is 11.8 Å². The molecule has 0 aliphatic rings. The number of aliphatic hydroxyl groups excluding tert-OH is 1. The number of hydrogen-bond acceptors (Lipinski definition) is 7. The molecule has 12 nitrogen and oxygen atoms in total. The molecule has 0 aliphatic heterocycles. The Balaban J connectivity index is 1.54. The molecule has 0 saturated heterocycles. The number of ether oxygens (including phenoxy) is 1. The largest absolute Gasteiger partial charge is 0.445 e. The number of carbonyl (C=O) groups is 4. The highest BCUT2D eigenvalue weighted by Gasteiger charge is 2.32. The molecule has 1 unspecified atom stereocenters. The predicted molar refractivity (Wildman–Crippen MR) is 200 cm³/mol. The van der Waals surface area contributed by atoms with E-state index >= 15 is 0 Å². The van der Waals surface area contributed by atoms with Gasteiger partial charge >= 0.3 is 6.09 Å². The minimum atomic E-state index is -1.16. The Hall–Kier alpha value is -5.23. The van der Waals surface area contributed by atoms with Gasteiger partial charge in [0.2, 0.25) is 17.7 Å². The van der Waals surface area contributed by atoms with Gasteiger partial charge in [-0.25, -0.2) is 9.78 Å². The summed E-state index contributed by atoms with van der Waals surface area (Å²) in [5.41, 5.74) is 2.20. The molecule has 0 aliphatic carbocycles. The number of rotatable bonds is 19. The monoisotopic (exact) mass is 712 g/mol. The third-order valence-corrected chi connectivity index (χ3v) is 8.99. The predicted octanol–water partition coefficient (Wildman–Crippen LogP) is 4.57. The van der Waals surface area contributed by atoms with Gasteiger partial charge in [0.25, 0.3) is 0 Å². The lowest BCUT2D eigenvalue weighted by molar-refractivity contribution is -0.131. The zero-order valence-electron chi connectivity index (χ0n) is 30.4. The molecule has 52 heavy (non-hydrogen) atoms. The SMILES string of the molecule is CCC(C)CNC(=O)C[C@H](O)[C@H](CC(C)C)NC(=O)[C@H](Cc1cnc[nH]1)NC(=O)[C@H](Cc1cccc2ccccc12)NC(=O)OCc1ccccc1. The maximum atomic E-state index is 14.1. The zero-order chi connectivity index (χ0) is 37.5. The van der Waals surface area contributed by atoms with E-state index in [0.717, 1.165) is 28.3 Å². The Labute approximate surface area is 305 Å². The third kappa shape index (κ3) is 12.5. The average Bonchev–Trinajstić information content (AvgIpc) is 3.65. The van der Waals surface area contributed by atoms with E-state index in [1.165, 1.54) is 6.33 Å². The highest BCUT2D eigenvalue weighted by atomic mass is 16.5. The molecule has 278 valence electrons. The number of aromatic nitrogens is 2. The molecule has 0 spiro atoms. The number of H-pyrrole nitrogens is 1. The molecule has 1 heterocycles. The van der Waals surface area contributed by atoms with Gasteiger partial charge in [0.05, 0.1) is 24.9 Å². The first-order valence-corrected chi connectivity index (χ1v) is 18.0. The number of imidazole rings is 1. The fraction of sp³-hybridized carbons (Fsp3) is 0.425. The fourth-order valence-corrected chi connectivity index (χ4v) is 5.84. The second kappa shape index (κ2) is 20.0. The first kappa shape index (κ1) is 39.6. The number of nitrogens with one attached hydrogen (secondary N) is 5. The summed E-state index contributed by atoms with van der Waals surface area (Å²) in [6.07, 6.45) is 2.37. The van der Waals surface area contributed by atoms with Crippen molar-refractivity contribution in [3.63, 3.8) is 0 Å². The lowest BCUT2D eigenvalue weighted by atomic mass is 9.96. The summed E-state index contributed by atoms with van der Waals surface area (Å²) in [7, 11) is 0. The lowest BCUT2D eigenvalue weighted by Crippen LogP contribution is -2.57. The molecule has 1 aromatic heterocycles. The Morgan fingerprint density at radius 2 is 1.54 bits per heavy atom. The number of amides is 4. The van der Waals surface area contributed by atoms with Crippen LogP contribution in [0, 0.1) is 11.8 Å². The summed E-state index contributed by atoms with van der Waals surface area (Å²) < 4.78 is 5.47. The van der Waals surface area contributed by atoms with Gasteiger partial charge in [-0.2, -0.15) is 0 Å². The molecule has 0 saturated carbocycles. The van der Waals surface area contributed by atoms with E-state index in [9.17, 15) is 24.3 Å². The standard InChI is InChI=1S/C40H52N6O6/c1-5-27(4)22-42-37(48)21-36(47)33(18-26(2)3)44-39(50)35(20-31-23-41-25-43-31)45-38(49)34(46-40(51)52-24-28-12-7-6-8-13-28)19-30-16-11-15-29-14-9-10-17-32(29)30/h6-17,23,25-27,33-36,47H,5,18-22,24H2,1-4H3,(H,41,43)(H,42,48)(H,44,50)(H,45,49)(H,46,51)/t27?,33-,34-,35-,36-/m0/s1. The minimum Gasteiger partial charge on any atom is -0.445 e. The zero-order valence-corrected chi connectivity index (χ0v) is 30.4. The van der Waals surface area contributed by atoms with Crippen LogP contribution in [-0.4, -0.2) is 69.7 Å². The second-order valence-electron chi connectivity index (χ2n) is 13.8. The van der Waals surface area contributed by atoms with Crippen LogP contribution in [0.2, 0.25) is 0 Å². The molecule has 0 radical (unpaired) electrons. The summed E-state index contributed by atoms with van der Waals surface area (Å²) in [6.45, 7) is 8.49. The van der Waals surface area contributed by atoms with Gasteiger partial charge in [-0.05, 0) is 40.2 Å². The van der Waals surface area contributed by atoms with Crippen LogP contribution in [0.1, 0.15) is 63.8 Å². The van der Waals surface area contributed by atoms with Gasteiger partial charge in [-0.3, -0.25) is 14.4 Å². The van der Waals surface area contributed by atoms with Crippen LogP contribution < -0.4 is 21.3 Å². The van der Waals surface area contributed by atoms with Crippen LogP contribution in [0.4, 0.5) is 4.79 Å². The van der Waals surface area contributed by atoms with Crippen LogP contribution >= 0.6 is 0 Å². The van der Waals surface area contributed by atoms with Gasteiger partial charge in [0, 0.05) is 31.3 Å². The molecule has 3 aromatic carbocycles. The van der Waals surface area contributed by atoms with Crippen LogP contribution in [-0.2, 0) is 38.6 Å². The number of alkyl carbamates (subject to hydrolysis) is 1. The second-order valence-corrected chi connectivity index (χ2v) is 13.8. The van der Waals surface area contributed by atoms with E-state index in [1.807, 2.05) is 100 Å². The highest BCUT2D eigenvalue weighted by Crippen LogP contribution is 2.20. The van der Waals surface area contributed by atoms with Crippen molar-refractivity contribution in [3.05, 3.63) is 102 Å². The van der Waals surface area contributed by atoms with E-state index in [1.54, 1.807) is 6.20 Å². The Morgan fingerprint density at radius 3 is 2.25 bits per heavy atom. The lowest BCUT2D eigenvalue weighted by Gasteiger charge is -2.29. The topological polar surface area (TPSA) is 175 Å². The fourth-order valence-electron chi connectivity index (χ4n) is 5.84. The maximum absolute atomic E-state index is 14.1. The van der Waals surface area contributed by atoms with Gasteiger partial charge in [0.1, 0.15) is 18.7 Å². The van der Waals surface area contributed by atoms with Crippen LogP contribution in [0.3, 0.4) is 0 Å². The molecule has 0 fully saturated rings. The first-order valence-electron chi connectivity index (χ1n) is 18.0. The average molecular weight is 713 g/mol. The maximum Gasteiger partial charge on any atom is 0.408 e. The number of carbonyl (C=O) groups excluding carboxylic acids is 4. The molecule has 0 bridgehead atoms. The van der Waals surface area contributed by atoms with Gasteiger partial charge in [-0.1, -0.05) is 107 Å². The third-order valence-electron chi connectivity index (χ3n) is 8.99. The molecule has 6 N–H and O–H groups in total. The molecule has 12 heteroatoms. The van der Waals surface area contributed by atoms with Gasteiger partial charge < -0.3 is 36.1 Å². The van der Waals surface area contributed by atoms with Gasteiger partial charge in [0.15, 0.2) is 0 Å². The summed E-state index contributed by atoms with van der Waals surface area (Å²) in [5, 5.41) is 24.4. The number of hydrogen-bond donors (Lipinski definition) is 6. The smallest absolute Gasteiger partial charge is 0.408 e. The van der Waals surface area contributed by atoms with E-state index in [-0.39, 0.29) is 37.7 Å². The van der Waals surface area contributed by atoms with Crippen molar-refractivity contribution in [1.82, 2.24) is 31.2 Å². The van der Waals surface area contributed by atoms with E-state index in [2.05, 4.69) is 31.2 Å². The van der Waals surface area contributed by atoms with E-state index in [4.69, 9.17) is 4.74 Å². The van der Waals surface area contributed by atoms with Crippen LogP contribution in [0.5, 0.6) is 0 Å². The van der Waals surface area contributed by atoms with Crippen molar-refractivity contribution < 1.29 is 29.0 Å². The normalized spacial score (nSPS) is 14.1.